The van der Waals surface area contributed by atoms with Crippen LogP contribution in [0.5, 0.6) is 0 Å². The number of quaternary nitrogens is 1. The fourth-order valence-electron chi connectivity index (χ4n) is 3.92. The largest absolute Gasteiger partial charge is 0.360 e. The Bertz CT molecular complexity index is 859. The number of nitrogens with zero attached hydrogens (tertiary/aromatic N) is 3. The maximum atomic E-state index is 4.89. The summed E-state index contributed by atoms with van der Waals surface area (Å²) in [4.78, 5) is 9.04. The Morgan fingerprint density at radius 1 is 1.04 bits per heavy atom. The van der Waals surface area contributed by atoms with Crippen molar-refractivity contribution < 1.29 is 4.90 Å². The van der Waals surface area contributed by atoms with Crippen molar-refractivity contribution in [3.8, 4) is 0 Å². The Labute approximate surface area is 149 Å². The molecular weight excluding hydrogens is 308 g/mol. The molecule has 130 valence electrons. The van der Waals surface area contributed by atoms with Crippen molar-refractivity contribution in [1.29, 1.82) is 0 Å². The standard InChI is InChI=1S/C21H26N4/c1-3-25-20-10-5-4-9-19(20)22-21(25)16-23-11-13-24(14-12-23)18-8-6-7-17(2)15-18/h4-10,15H,3,11-14,16H2,1-2H3/p+1. The molecule has 0 unspecified atom stereocenters. The minimum atomic E-state index is 0.985. The van der Waals surface area contributed by atoms with Crippen molar-refractivity contribution in [3.63, 3.8) is 0 Å². The van der Waals surface area contributed by atoms with Crippen molar-refractivity contribution in [3.05, 3.63) is 59.9 Å². The summed E-state index contributed by atoms with van der Waals surface area (Å²) in [6.07, 6.45) is 0. The van der Waals surface area contributed by atoms with Crippen LogP contribution < -0.4 is 9.80 Å². The lowest BCUT2D eigenvalue weighted by molar-refractivity contribution is -0.915. The van der Waals surface area contributed by atoms with Gasteiger partial charge in [0.2, 0.25) is 0 Å². The molecule has 1 aromatic heterocycles. The molecular formula is C21H27N4+. The van der Waals surface area contributed by atoms with Crippen LogP contribution in [0.4, 0.5) is 5.69 Å². The van der Waals surface area contributed by atoms with Gasteiger partial charge in [0, 0.05) is 12.2 Å². The zero-order chi connectivity index (χ0) is 17.2. The molecule has 0 bridgehead atoms. The Morgan fingerprint density at radius 3 is 2.60 bits per heavy atom. The van der Waals surface area contributed by atoms with E-state index in [0.717, 1.165) is 31.7 Å². The monoisotopic (exact) mass is 335 g/mol. The molecule has 25 heavy (non-hydrogen) atoms. The van der Waals surface area contributed by atoms with Crippen molar-refractivity contribution in [1.82, 2.24) is 9.55 Å². The zero-order valence-electron chi connectivity index (χ0n) is 15.2. The maximum absolute atomic E-state index is 4.89. The summed E-state index contributed by atoms with van der Waals surface area (Å²) in [7, 11) is 0. The second-order valence-corrected chi connectivity index (χ2v) is 7.01. The van der Waals surface area contributed by atoms with Gasteiger partial charge in [0.1, 0.15) is 6.54 Å². The summed E-state index contributed by atoms with van der Waals surface area (Å²) in [5.41, 5.74) is 5.08. The molecule has 0 amide bonds. The van der Waals surface area contributed by atoms with E-state index in [0.29, 0.717) is 0 Å². The van der Waals surface area contributed by atoms with Gasteiger partial charge in [0.05, 0.1) is 37.2 Å². The number of anilines is 1. The van der Waals surface area contributed by atoms with Crippen molar-refractivity contribution in [2.24, 2.45) is 0 Å². The summed E-state index contributed by atoms with van der Waals surface area (Å²) in [5, 5.41) is 0. The molecule has 4 nitrogen and oxygen atoms in total. The summed E-state index contributed by atoms with van der Waals surface area (Å²) < 4.78 is 2.37. The smallest absolute Gasteiger partial charge is 0.165 e. The first-order valence-corrected chi connectivity index (χ1v) is 9.34. The van der Waals surface area contributed by atoms with Crippen LogP contribution in [0.2, 0.25) is 0 Å². The molecule has 1 saturated heterocycles. The number of para-hydroxylation sites is 2. The van der Waals surface area contributed by atoms with Crippen LogP contribution in [0.1, 0.15) is 18.3 Å². The molecule has 0 saturated carbocycles. The number of piperazine rings is 1. The van der Waals surface area contributed by atoms with Crippen molar-refractivity contribution >= 4 is 16.7 Å². The lowest BCUT2D eigenvalue weighted by atomic mass is 10.2. The van der Waals surface area contributed by atoms with E-state index in [9.17, 15) is 0 Å². The minimum absolute atomic E-state index is 0.985. The Hall–Kier alpha value is -2.33. The lowest BCUT2D eigenvalue weighted by Crippen LogP contribution is -3.13. The van der Waals surface area contributed by atoms with E-state index in [1.165, 1.54) is 35.7 Å². The molecule has 4 rings (SSSR count). The molecule has 0 radical (unpaired) electrons. The first kappa shape index (κ1) is 16.2. The molecule has 1 N–H and O–H groups in total. The number of fused-ring (bicyclic) bond motifs is 1. The number of rotatable bonds is 4. The Morgan fingerprint density at radius 2 is 1.84 bits per heavy atom. The van der Waals surface area contributed by atoms with Crippen LogP contribution in [-0.4, -0.2) is 35.7 Å². The first-order valence-electron chi connectivity index (χ1n) is 9.34. The molecule has 1 aliphatic heterocycles. The van der Waals surface area contributed by atoms with Gasteiger partial charge in [-0.05, 0) is 43.7 Å². The van der Waals surface area contributed by atoms with Crippen LogP contribution in [0.3, 0.4) is 0 Å². The highest BCUT2D eigenvalue weighted by molar-refractivity contribution is 5.75. The van der Waals surface area contributed by atoms with Crippen LogP contribution in [-0.2, 0) is 13.1 Å². The predicted octanol–water partition coefficient (Wildman–Crippen LogP) is 2.27. The van der Waals surface area contributed by atoms with Gasteiger partial charge in [0.15, 0.2) is 5.82 Å². The summed E-state index contributed by atoms with van der Waals surface area (Å²) in [5.74, 6) is 1.22. The van der Waals surface area contributed by atoms with E-state index < -0.39 is 0 Å². The van der Waals surface area contributed by atoms with Gasteiger partial charge in [0.25, 0.3) is 0 Å². The fourth-order valence-corrected chi connectivity index (χ4v) is 3.92. The Kier molecular flexibility index (Phi) is 4.45. The van der Waals surface area contributed by atoms with E-state index in [1.54, 1.807) is 4.90 Å². The Balaban J connectivity index is 1.45. The summed E-state index contributed by atoms with van der Waals surface area (Å²) in [6.45, 7) is 10.9. The van der Waals surface area contributed by atoms with Gasteiger partial charge < -0.3 is 14.4 Å². The zero-order valence-corrected chi connectivity index (χ0v) is 15.2. The molecule has 2 aromatic carbocycles. The number of nitrogens with one attached hydrogen (secondary N) is 1. The molecule has 4 heteroatoms. The third kappa shape index (κ3) is 3.27. The molecule has 0 spiro atoms. The van der Waals surface area contributed by atoms with E-state index in [4.69, 9.17) is 4.98 Å². The van der Waals surface area contributed by atoms with Crippen LogP contribution in [0.25, 0.3) is 11.0 Å². The maximum Gasteiger partial charge on any atom is 0.165 e. The third-order valence-electron chi connectivity index (χ3n) is 5.30. The average molecular weight is 335 g/mol. The number of aryl methyl sites for hydroxylation is 2. The molecule has 0 atom stereocenters. The van der Waals surface area contributed by atoms with Gasteiger partial charge in [-0.15, -0.1) is 0 Å². The quantitative estimate of drug-likeness (QED) is 0.791. The summed E-state index contributed by atoms with van der Waals surface area (Å²) in [6, 6.07) is 17.3. The number of imidazole rings is 1. The highest BCUT2D eigenvalue weighted by Crippen LogP contribution is 2.17. The SMILES string of the molecule is CCn1c(C[NH+]2CCN(c3cccc(C)c3)CC2)nc2ccccc21. The average Bonchev–Trinajstić information content (AvgIpc) is 2.99. The molecule has 1 aliphatic rings. The molecule has 2 heterocycles. The number of aromatic nitrogens is 2. The highest BCUT2D eigenvalue weighted by Gasteiger charge is 2.22. The van der Waals surface area contributed by atoms with Gasteiger partial charge in [-0.1, -0.05) is 24.3 Å². The number of hydrogen-bond donors (Lipinski definition) is 1. The predicted molar refractivity (Wildman–Crippen MR) is 103 cm³/mol. The van der Waals surface area contributed by atoms with Gasteiger partial charge in [-0.2, -0.15) is 0 Å². The molecule has 1 fully saturated rings. The molecule has 0 aliphatic carbocycles. The topological polar surface area (TPSA) is 25.5 Å². The van der Waals surface area contributed by atoms with Crippen LogP contribution in [0, 0.1) is 6.92 Å². The van der Waals surface area contributed by atoms with Gasteiger partial charge >= 0.3 is 0 Å². The normalized spacial score (nSPS) is 15.8. The van der Waals surface area contributed by atoms with E-state index in [-0.39, 0.29) is 0 Å². The second-order valence-electron chi connectivity index (χ2n) is 7.01. The highest BCUT2D eigenvalue weighted by atomic mass is 15.3. The lowest BCUT2D eigenvalue weighted by Gasteiger charge is -2.33. The van der Waals surface area contributed by atoms with Crippen LogP contribution >= 0.6 is 0 Å². The van der Waals surface area contributed by atoms with Gasteiger partial charge in [-0.25, -0.2) is 4.98 Å². The number of benzene rings is 2. The van der Waals surface area contributed by atoms with Gasteiger partial charge in [-0.3, -0.25) is 0 Å². The second kappa shape index (κ2) is 6.89. The number of hydrogen-bond acceptors (Lipinski definition) is 2. The van der Waals surface area contributed by atoms with E-state index in [2.05, 4.69) is 71.8 Å². The third-order valence-corrected chi connectivity index (χ3v) is 5.30. The van der Waals surface area contributed by atoms with Crippen LogP contribution in [0.15, 0.2) is 48.5 Å². The van der Waals surface area contributed by atoms with E-state index >= 15 is 0 Å². The fraction of sp³-hybridized carbons (Fsp3) is 0.381. The van der Waals surface area contributed by atoms with E-state index in [1.807, 2.05) is 0 Å². The van der Waals surface area contributed by atoms with Crippen molar-refractivity contribution in [2.45, 2.75) is 26.9 Å². The minimum Gasteiger partial charge on any atom is -0.360 e. The van der Waals surface area contributed by atoms with Crippen molar-refractivity contribution in [2.75, 3.05) is 31.1 Å². The summed E-state index contributed by atoms with van der Waals surface area (Å²) >= 11 is 0. The first-order chi connectivity index (χ1) is 12.2. The molecule has 3 aromatic rings.